The number of rotatable bonds is 4. The molecular formula is C15H14FN3O2. The zero-order chi connectivity index (χ0) is 14.8. The molecule has 0 unspecified atom stereocenters. The maximum absolute atomic E-state index is 13.4. The molecular weight excluding hydrogens is 273 g/mol. The lowest BCUT2D eigenvalue weighted by molar-refractivity contribution is 0.269. The number of aromatic nitrogens is 3. The molecule has 1 aromatic carbocycles. The van der Waals surface area contributed by atoms with Gasteiger partial charge < -0.3 is 4.74 Å². The summed E-state index contributed by atoms with van der Waals surface area (Å²) in [6.45, 7) is 0.519. The third kappa shape index (κ3) is 2.40. The fourth-order valence-electron chi connectivity index (χ4n) is 2.27. The van der Waals surface area contributed by atoms with Gasteiger partial charge in [-0.2, -0.15) is 0 Å². The minimum Gasteiger partial charge on any atom is -0.489 e. The Kier molecular flexibility index (Phi) is 3.43. The molecule has 0 bridgehead atoms. The number of nitrogens with zero attached hydrogens (tertiary/aromatic N) is 3. The molecule has 0 atom stereocenters. The van der Waals surface area contributed by atoms with E-state index in [9.17, 15) is 9.18 Å². The van der Waals surface area contributed by atoms with E-state index in [4.69, 9.17) is 4.74 Å². The molecule has 0 spiro atoms. The maximum atomic E-state index is 13.4. The van der Waals surface area contributed by atoms with Crippen LogP contribution in [0.3, 0.4) is 0 Å². The van der Waals surface area contributed by atoms with Crippen LogP contribution in [-0.2, 0) is 13.6 Å². The second-order valence-corrected chi connectivity index (χ2v) is 4.61. The molecule has 0 radical (unpaired) electrons. The maximum Gasteiger partial charge on any atom is 0.276 e. The van der Waals surface area contributed by atoms with Crippen LogP contribution in [-0.4, -0.2) is 21.0 Å². The Bertz CT molecular complexity index is 838. The number of fused-ring (bicyclic) bond motifs is 1. The molecule has 0 amide bonds. The van der Waals surface area contributed by atoms with E-state index in [1.54, 1.807) is 48.3 Å². The normalized spacial score (nSPS) is 11.0. The van der Waals surface area contributed by atoms with Crippen LogP contribution in [0.4, 0.5) is 4.39 Å². The van der Waals surface area contributed by atoms with E-state index in [1.165, 1.54) is 10.7 Å². The molecule has 0 aliphatic heterocycles. The van der Waals surface area contributed by atoms with Crippen molar-refractivity contribution in [3.05, 3.63) is 58.8 Å². The van der Waals surface area contributed by atoms with Crippen LogP contribution >= 0.6 is 0 Å². The molecule has 0 aliphatic rings. The molecule has 0 N–H and O–H groups in total. The minimum atomic E-state index is -0.413. The van der Waals surface area contributed by atoms with Crippen molar-refractivity contribution >= 4 is 11.0 Å². The molecule has 21 heavy (non-hydrogen) atoms. The first kappa shape index (κ1) is 13.4. The number of para-hydroxylation sites is 1. The average Bonchev–Trinajstić information content (AvgIpc) is 2.74. The summed E-state index contributed by atoms with van der Waals surface area (Å²) in [5, 5.41) is 0.561. The zero-order valence-corrected chi connectivity index (χ0v) is 11.5. The van der Waals surface area contributed by atoms with Crippen molar-refractivity contribution in [3.8, 4) is 5.75 Å². The Morgan fingerprint density at radius 1 is 1.24 bits per heavy atom. The molecule has 0 saturated heterocycles. The molecule has 2 heterocycles. The van der Waals surface area contributed by atoms with Gasteiger partial charge in [0.25, 0.3) is 5.56 Å². The van der Waals surface area contributed by atoms with Crippen LogP contribution in [0.1, 0.15) is 0 Å². The monoisotopic (exact) mass is 287 g/mol. The van der Waals surface area contributed by atoms with E-state index in [0.29, 0.717) is 17.6 Å². The Hall–Kier alpha value is -2.63. The smallest absolute Gasteiger partial charge is 0.276 e. The topological polar surface area (TPSA) is 49.0 Å². The van der Waals surface area contributed by atoms with Gasteiger partial charge in [0.1, 0.15) is 6.61 Å². The predicted octanol–water partition coefficient (Wildman–Crippen LogP) is 1.95. The zero-order valence-electron chi connectivity index (χ0n) is 11.5. The van der Waals surface area contributed by atoms with Gasteiger partial charge in [-0.15, -0.1) is 0 Å². The van der Waals surface area contributed by atoms with E-state index in [2.05, 4.69) is 4.98 Å². The summed E-state index contributed by atoms with van der Waals surface area (Å²) in [6, 6.07) is 9.65. The summed E-state index contributed by atoms with van der Waals surface area (Å²) < 4.78 is 22.0. The van der Waals surface area contributed by atoms with Crippen LogP contribution in [0.5, 0.6) is 5.75 Å². The Balaban J connectivity index is 1.80. The summed E-state index contributed by atoms with van der Waals surface area (Å²) in [5.41, 5.74) is 0.492. The first-order valence-electron chi connectivity index (χ1n) is 6.56. The second kappa shape index (κ2) is 5.40. The largest absolute Gasteiger partial charge is 0.489 e. The van der Waals surface area contributed by atoms with E-state index >= 15 is 0 Å². The lowest BCUT2D eigenvalue weighted by Crippen LogP contribution is -2.24. The standard InChI is InChI=1S/C15H14FN3O2/c1-18-14-11(5-4-8-17-14)15(20)19(18)9-10-21-13-7-3-2-6-12(13)16/h2-8H,9-10H2,1H3. The van der Waals surface area contributed by atoms with Gasteiger partial charge in [-0.05, 0) is 24.3 Å². The van der Waals surface area contributed by atoms with Crippen molar-refractivity contribution in [2.45, 2.75) is 6.54 Å². The predicted molar refractivity (Wildman–Crippen MR) is 76.9 cm³/mol. The number of hydrogen-bond donors (Lipinski definition) is 0. The first-order valence-corrected chi connectivity index (χ1v) is 6.56. The molecule has 0 saturated carbocycles. The molecule has 6 heteroatoms. The van der Waals surface area contributed by atoms with Crippen molar-refractivity contribution in [1.82, 2.24) is 14.3 Å². The van der Waals surface area contributed by atoms with E-state index in [0.717, 1.165) is 0 Å². The third-order valence-corrected chi connectivity index (χ3v) is 3.32. The van der Waals surface area contributed by atoms with Gasteiger partial charge in [0.15, 0.2) is 17.2 Å². The van der Waals surface area contributed by atoms with Gasteiger partial charge in [-0.25, -0.2) is 14.1 Å². The van der Waals surface area contributed by atoms with Crippen LogP contribution in [0, 0.1) is 5.82 Å². The quantitative estimate of drug-likeness (QED) is 0.737. The lowest BCUT2D eigenvalue weighted by atomic mass is 10.3. The van der Waals surface area contributed by atoms with Crippen molar-refractivity contribution in [2.75, 3.05) is 6.61 Å². The SMILES string of the molecule is Cn1c2ncccc2c(=O)n1CCOc1ccccc1F. The summed E-state index contributed by atoms with van der Waals surface area (Å²) in [6.07, 6.45) is 1.64. The highest BCUT2D eigenvalue weighted by Crippen LogP contribution is 2.15. The van der Waals surface area contributed by atoms with Crippen molar-refractivity contribution in [2.24, 2.45) is 7.05 Å². The molecule has 108 valence electrons. The third-order valence-electron chi connectivity index (χ3n) is 3.32. The fraction of sp³-hybridized carbons (Fsp3) is 0.200. The minimum absolute atomic E-state index is 0.127. The number of aryl methyl sites for hydroxylation is 1. The van der Waals surface area contributed by atoms with E-state index in [-0.39, 0.29) is 17.9 Å². The van der Waals surface area contributed by atoms with Crippen LogP contribution in [0.2, 0.25) is 0 Å². The highest BCUT2D eigenvalue weighted by atomic mass is 19.1. The lowest BCUT2D eigenvalue weighted by Gasteiger charge is -2.09. The van der Waals surface area contributed by atoms with E-state index < -0.39 is 5.82 Å². The van der Waals surface area contributed by atoms with Crippen LogP contribution in [0.15, 0.2) is 47.4 Å². The Morgan fingerprint density at radius 3 is 2.81 bits per heavy atom. The van der Waals surface area contributed by atoms with Gasteiger partial charge in [-0.3, -0.25) is 9.48 Å². The van der Waals surface area contributed by atoms with Crippen LogP contribution < -0.4 is 10.3 Å². The molecule has 0 fully saturated rings. The summed E-state index contributed by atoms with van der Waals surface area (Å²) in [5.74, 6) is -0.231. The molecule has 3 aromatic rings. The second-order valence-electron chi connectivity index (χ2n) is 4.61. The average molecular weight is 287 g/mol. The number of benzene rings is 1. The van der Waals surface area contributed by atoms with Crippen molar-refractivity contribution in [1.29, 1.82) is 0 Å². The molecule has 2 aromatic heterocycles. The number of hydrogen-bond acceptors (Lipinski definition) is 3. The highest BCUT2D eigenvalue weighted by molar-refractivity contribution is 5.73. The number of pyridine rings is 1. The fourth-order valence-corrected chi connectivity index (χ4v) is 2.27. The van der Waals surface area contributed by atoms with Gasteiger partial charge in [-0.1, -0.05) is 12.1 Å². The number of halogens is 1. The summed E-state index contributed by atoms with van der Waals surface area (Å²) in [4.78, 5) is 16.4. The Morgan fingerprint density at radius 2 is 2.05 bits per heavy atom. The van der Waals surface area contributed by atoms with E-state index in [1.807, 2.05) is 0 Å². The highest BCUT2D eigenvalue weighted by Gasteiger charge is 2.11. The van der Waals surface area contributed by atoms with Gasteiger partial charge in [0, 0.05) is 13.2 Å². The van der Waals surface area contributed by atoms with Crippen molar-refractivity contribution < 1.29 is 9.13 Å². The summed E-state index contributed by atoms with van der Waals surface area (Å²) >= 11 is 0. The van der Waals surface area contributed by atoms with Crippen molar-refractivity contribution in [3.63, 3.8) is 0 Å². The molecule has 3 rings (SSSR count). The summed E-state index contributed by atoms with van der Waals surface area (Å²) in [7, 11) is 1.76. The van der Waals surface area contributed by atoms with Gasteiger partial charge in [0.2, 0.25) is 0 Å². The van der Waals surface area contributed by atoms with Crippen LogP contribution in [0.25, 0.3) is 11.0 Å². The molecule has 5 nitrogen and oxygen atoms in total. The number of ether oxygens (including phenoxy) is 1. The first-order chi connectivity index (χ1) is 10.2. The van der Waals surface area contributed by atoms with Gasteiger partial charge in [0.05, 0.1) is 11.9 Å². The molecule has 0 aliphatic carbocycles. The van der Waals surface area contributed by atoms with Gasteiger partial charge >= 0.3 is 0 Å². The Labute approximate surface area is 120 Å².